The van der Waals surface area contributed by atoms with Gasteiger partial charge in [-0.25, -0.2) is 4.39 Å². The average Bonchev–Trinajstić information content (AvgIpc) is 2.91. The predicted octanol–water partition coefficient (Wildman–Crippen LogP) is 2.63. The van der Waals surface area contributed by atoms with Crippen molar-refractivity contribution in [3.63, 3.8) is 0 Å². The number of nitrogens with one attached hydrogen (secondary N) is 1. The summed E-state index contributed by atoms with van der Waals surface area (Å²) in [5.74, 6) is -0.394. The number of benzene rings is 1. The fourth-order valence-electron chi connectivity index (χ4n) is 2.61. The summed E-state index contributed by atoms with van der Waals surface area (Å²) in [6, 6.07) is 3.81. The third kappa shape index (κ3) is 3.86. The second-order valence-corrected chi connectivity index (χ2v) is 5.92. The summed E-state index contributed by atoms with van der Waals surface area (Å²) in [7, 11) is 0. The monoisotopic (exact) mass is 314 g/mol. The summed E-state index contributed by atoms with van der Waals surface area (Å²) < 4.78 is 18.5. The van der Waals surface area contributed by atoms with Gasteiger partial charge < -0.3 is 15.8 Å². The van der Waals surface area contributed by atoms with E-state index in [0.717, 1.165) is 31.7 Å². The molecule has 21 heavy (non-hydrogen) atoms. The van der Waals surface area contributed by atoms with Crippen LogP contribution in [0.4, 0.5) is 4.39 Å². The van der Waals surface area contributed by atoms with Gasteiger partial charge in [-0.3, -0.25) is 4.79 Å². The van der Waals surface area contributed by atoms with Crippen LogP contribution in [0, 0.1) is 5.82 Å². The number of ether oxygens (including phenoxy) is 1. The van der Waals surface area contributed by atoms with E-state index in [1.165, 1.54) is 12.1 Å². The van der Waals surface area contributed by atoms with Gasteiger partial charge >= 0.3 is 0 Å². The first-order chi connectivity index (χ1) is 9.96. The van der Waals surface area contributed by atoms with E-state index in [-0.39, 0.29) is 22.2 Å². The van der Waals surface area contributed by atoms with E-state index in [1.54, 1.807) is 6.92 Å². The molecule has 1 aromatic carbocycles. The normalized spacial score (nSPS) is 18.3. The van der Waals surface area contributed by atoms with Gasteiger partial charge in [0.25, 0.3) is 5.91 Å². The molecular weight excluding hydrogens is 295 g/mol. The van der Waals surface area contributed by atoms with Crippen LogP contribution < -0.4 is 15.8 Å². The summed E-state index contributed by atoms with van der Waals surface area (Å²) >= 11 is 5.89. The molecule has 0 heterocycles. The van der Waals surface area contributed by atoms with Crippen molar-refractivity contribution in [3.8, 4) is 5.75 Å². The zero-order chi connectivity index (χ0) is 15.5. The molecule has 1 saturated carbocycles. The molecule has 1 unspecified atom stereocenters. The highest BCUT2D eigenvalue weighted by Gasteiger charge is 2.35. The highest BCUT2D eigenvalue weighted by atomic mass is 35.5. The number of rotatable bonds is 5. The van der Waals surface area contributed by atoms with Crippen LogP contribution in [0.2, 0.25) is 5.02 Å². The first-order valence-corrected chi connectivity index (χ1v) is 7.47. The number of halogens is 2. The number of nitrogens with two attached hydrogens (primary N) is 1. The molecule has 0 radical (unpaired) electrons. The molecule has 1 aliphatic rings. The molecule has 1 atom stereocenters. The van der Waals surface area contributed by atoms with Gasteiger partial charge in [0.2, 0.25) is 0 Å². The zero-order valence-corrected chi connectivity index (χ0v) is 12.8. The Bertz CT molecular complexity index is 518. The van der Waals surface area contributed by atoms with E-state index in [9.17, 15) is 9.18 Å². The Balaban J connectivity index is 1.99. The lowest BCUT2D eigenvalue weighted by molar-refractivity contribution is -0.129. The second kappa shape index (κ2) is 6.62. The number of carbonyl (C=O) groups excluding carboxylic acids is 1. The molecule has 1 fully saturated rings. The minimum absolute atomic E-state index is 0.143. The van der Waals surface area contributed by atoms with Crippen molar-refractivity contribution < 1.29 is 13.9 Å². The van der Waals surface area contributed by atoms with Gasteiger partial charge in [-0.1, -0.05) is 24.4 Å². The van der Waals surface area contributed by atoms with Crippen LogP contribution in [-0.2, 0) is 4.79 Å². The van der Waals surface area contributed by atoms with Crippen LogP contribution in [0.3, 0.4) is 0 Å². The quantitative estimate of drug-likeness (QED) is 0.878. The number of carbonyl (C=O) groups is 1. The molecule has 1 aromatic rings. The SMILES string of the molecule is CC(Oc1ccc(F)cc1Cl)C(=O)NC1(CN)CCCC1. The van der Waals surface area contributed by atoms with Crippen molar-refractivity contribution in [1.29, 1.82) is 0 Å². The second-order valence-electron chi connectivity index (χ2n) is 5.52. The van der Waals surface area contributed by atoms with Crippen molar-refractivity contribution in [3.05, 3.63) is 29.0 Å². The summed E-state index contributed by atoms with van der Waals surface area (Å²) in [5, 5.41) is 3.13. The lowest BCUT2D eigenvalue weighted by atomic mass is 9.97. The Morgan fingerprint density at radius 2 is 2.19 bits per heavy atom. The summed E-state index contributed by atoms with van der Waals surface area (Å²) in [5.41, 5.74) is 5.47. The molecule has 0 aromatic heterocycles. The summed E-state index contributed by atoms with van der Waals surface area (Å²) in [4.78, 5) is 12.2. The van der Waals surface area contributed by atoms with E-state index in [1.807, 2.05) is 0 Å². The van der Waals surface area contributed by atoms with Crippen LogP contribution in [-0.4, -0.2) is 24.1 Å². The molecular formula is C15H20ClFN2O2. The zero-order valence-electron chi connectivity index (χ0n) is 12.0. The maximum Gasteiger partial charge on any atom is 0.261 e. The molecule has 1 amide bonds. The minimum atomic E-state index is -0.725. The third-order valence-corrected chi connectivity index (χ3v) is 4.20. The Morgan fingerprint density at radius 3 is 2.76 bits per heavy atom. The fraction of sp³-hybridized carbons (Fsp3) is 0.533. The summed E-state index contributed by atoms with van der Waals surface area (Å²) in [6.45, 7) is 2.05. The molecule has 116 valence electrons. The molecule has 2 rings (SSSR count). The highest BCUT2D eigenvalue weighted by molar-refractivity contribution is 6.32. The predicted molar refractivity (Wildman–Crippen MR) is 79.9 cm³/mol. The van der Waals surface area contributed by atoms with Gasteiger partial charge in [0.1, 0.15) is 11.6 Å². The summed E-state index contributed by atoms with van der Waals surface area (Å²) in [6.07, 6.45) is 3.18. The van der Waals surface area contributed by atoms with Gasteiger partial charge in [0.05, 0.1) is 10.6 Å². The van der Waals surface area contributed by atoms with Gasteiger partial charge in [0, 0.05) is 6.54 Å². The first-order valence-electron chi connectivity index (χ1n) is 7.09. The minimum Gasteiger partial charge on any atom is -0.479 e. The maximum atomic E-state index is 13.0. The smallest absolute Gasteiger partial charge is 0.261 e. The van der Waals surface area contributed by atoms with Crippen LogP contribution in [0.1, 0.15) is 32.6 Å². The molecule has 0 saturated heterocycles. The maximum absolute atomic E-state index is 13.0. The number of hydrogen-bond donors (Lipinski definition) is 2. The molecule has 3 N–H and O–H groups in total. The van der Waals surface area contributed by atoms with Crippen LogP contribution >= 0.6 is 11.6 Å². The Morgan fingerprint density at radius 1 is 1.52 bits per heavy atom. The fourth-order valence-corrected chi connectivity index (χ4v) is 2.82. The van der Waals surface area contributed by atoms with Gasteiger partial charge in [0.15, 0.2) is 6.10 Å². The van der Waals surface area contributed by atoms with Crippen LogP contribution in [0.5, 0.6) is 5.75 Å². The van der Waals surface area contributed by atoms with E-state index in [2.05, 4.69) is 5.32 Å². The lowest BCUT2D eigenvalue weighted by Crippen LogP contribution is -2.54. The van der Waals surface area contributed by atoms with Gasteiger partial charge in [-0.05, 0) is 38.0 Å². The van der Waals surface area contributed by atoms with Crippen molar-refractivity contribution in [2.75, 3.05) is 6.54 Å². The van der Waals surface area contributed by atoms with Crippen molar-refractivity contribution in [2.45, 2.75) is 44.2 Å². The van der Waals surface area contributed by atoms with Crippen molar-refractivity contribution in [2.24, 2.45) is 5.73 Å². The molecule has 0 bridgehead atoms. The lowest BCUT2D eigenvalue weighted by Gasteiger charge is -2.30. The van der Waals surface area contributed by atoms with E-state index < -0.39 is 11.9 Å². The number of hydrogen-bond acceptors (Lipinski definition) is 3. The molecule has 0 spiro atoms. The Kier molecular flexibility index (Phi) is 5.06. The molecule has 0 aliphatic heterocycles. The van der Waals surface area contributed by atoms with Gasteiger partial charge in [-0.15, -0.1) is 0 Å². The van der Waals surface area contributed by atoms with Gasteiger partial charge in [-0.2, -0.15) is 0 Å². The largest absolute Gasteiger partial charge is 0.479 e. The van der Waals surface area contributed by atoms with E-state index in [4.69, 9.17) is 22.1 Å². The number of amides is 1. The Hall–Kier alpha value is -1.33. The van der Waals surface area contributed by atoms with E-state index in [0.29, 0.717) is 6.54 Å². The van der Waals surface area contributed by atoms with Crippen molar-refractivity contribution in [1.82, 2.24) is 5.32 Å². The standard InChI is InChI=1S/C15H20ClFN2O2/c1-10(21-13-5-4-11(17)8-12(13)16)14(20)19-15(9-18)6-2-3-7-15/h4-5,8,10H,2-3,6-7,9,18H2,1H3,(H,19,20). The third-order valence-electron chi connectivity index (χ3n) is 3.91. The van der Waals surface area contributed by atoms with E-state index >= 15 is 0 Å². The molecule has 6 heteroatoms. The average molecular weight is 315 g/mol. The highest BCUT2D eigenvalue weighted by Crippen LogP contribution is 2.29. The van der Waals surface area contributed by atoms with Crippen LogP contribution in [0.15, 0.2) is 18.2 Å². The van der Waals surface area contributed by atoms with Crippen molar-refractivity contribution >= 4 is 17.5 Å². The first kappa shape index (κ1) is 16.0. The topological polar surface area (TPSA) is 64.3 Å². The van der Waals surface area contributed by atoms with Crippen LogP contribution in [0.25, 0.3) is 0 Å². The Labute approximate surface area is 128 Å². The molecule has 4 nitrogen and oxygen atoms in total. The molecule has 1 aliphatic carbocycles.